The Morgan fingerprint density at radius 2 is 1.64 bits per heavy atom. The van der Waals surface area contributed by atoms with Crippen LogP contribution in [0.3, 0.4) is 0 Å². The Morgan fingerprint density at radius 3 is 2.29 bits per heavy atom. The van der Waals surface area contributed by atoms with Gasteiger partial charge in [0.25, 0.3) is 0 Å². The lowest BCUT2D eigenvalue weighted by atomic mass is 10.2. The number of β-amino-alcohol motifs (C(OH)–C–C–N with tert-alkyl or cyclic N) is 1. The molecule has 0 radical (unpaired) electrons. The van der Waals surface area contributed by atoms with Crippen LogP contribution in [0, 0.1) is 0 Å². The number of ether oxygens (including phenoxy) is 2. The summed E-state index contributed by atoms with van der Waals surface area (Å²) < 4.78 is 12.1. The molecular formula is C20H27BrCl2N2O3. The van der Waals surface area contributed by atoms with Gasteiger partial charge in [0.1, 0.15) is 24.2 Å². The molecule has 1 atom stereocenters. The Morgan fingerprint density at radius 1 is 1.00 bits per heavy atom. The van der Waals surface area contributed by atoms with Crippen molar-refractivity contribution in [1.82, 2.24) is 4.90 Å². The summed E-state index contributed by atoms with van der Waals surface area (Å²) in [6.07, 6.45) is -0.503. The SMILES string of the molecule is COc1ccccc1N1CCN(CC(O)COc2ccc(Br)cc2)CC1.Cl.Cl. The number of methoxy groups -OCH3 is 1. The van der Waals surface area contributed by atoms with E-state index in [0.29, 0.717) is 13.2 Å². The normalized spacial score (nSPS) is 15.2. The van der Waals surface area contributed by atoms with E-state index in [1.165, 1.54) is 0 Å². The van der Waals surface area contributed by atoms with Gasteiger partial charge in [-0.2, -0.15) is 0 Å². The summed E-state index contributed by atoms with van der Waals surface area (Å²) in [5.74, 6) is 1.68. The number of hydrogen-bond donors (Lipinski definition) is 1. The molecule has 1 unspecified atom stereocenters. The van der Waals surface area contributed by atoms with Gasteiger partial charge in [-0.3, -0.25) is 4.90 Å². The van der Waals surface area contributed by atoms with Gasteiger partial charge in [-0.25, -0.2) is 0 Å². The average Bonchev–Trinajstić information content (AvgIpc) is 2.68. The zero-order valence-electron chi connectivity index (χ0n) is 15.8. The first-order valence-corrected chi connectivity index (χ1v) is 9.62. The minimum absolute atomic E-state index is 0. The second-order valence-electron chi connectivity index (χ2n) is 6.38. The third-order valence-electron chi connectivity index (χ3n) is 4.52. The summed E-state index contributed by atoms with van der Waals surface area (Å²) in [5, 5.41) is 10.3. The number of halogens is 3. The van der Waals surface area contributed by atoms with E-state index in [4.69, 9.17) is 9.47 Å². The molecule has 0 saturated carbocycles. The minimum Gasteiger partial charge on any atom is -0.495 e. The molecule has 1 fully saturated rings. The molecule has 28 heavy (non-hydrogen) atoms. The third-order valence-corrected chi connectivity index (χ3v) is 5.05. The van der Waals surface area contributed by atoms with Crippen LogP contribution in [0.1, 0.15) is 0 Å². The summed E-state index contributed by atoms with van der Waals surface area (Å²) in [7, 11) is 1.71. The number of aliphatic hydroxyl groups excluding tert-OH is 1. The van der Waals surface area contributed by atoms with Crippen molar-refractivity contribution >= 4 is 46.4 Å². The maximum atomic E-state index is 10.3. The molecule has 1 aliphatic rings. The van der Waals surface area contributed by atoms with Crippen LogP contribution >= 0.6 is 40.7 Å². The van der Waals surface area contributed by atoms with Crippen molar-refractivity contribution in [3.8, 4) is 11.5 Å². The third kappa shape index (κ3) is 7.01. The number of para-hydroxylation sites is 2. The lowest BCUT2D eigenvalue weighted by Crippen LogP contribution is -2.49. The molecule has 0 aliphatic carbocycles. The largest absolute Gasteiger partial charge is 0.495 e. The van der Waals surface area contributed by atoms with Crippen molar-refractivity contribution in [2.75, 3.05) is 51.3 Å². The molecule has 3 rings (SSSR count). The van der Waals surface area contributed by atoms with E-state index in [2.05, 4.69) is 31.8 Å². The van der Waals surface area contributed by atoms with Crippen LogP contribution in [0.5, 0.6) is 11.5 Å². The Kier molecular flexibility index (Phi) is 11.0. The van der Waals surface area contributed by atoms with E-state index in [-0.39, 0.29) is 24.8 Å². The molecule has 0 aromatic heterocycles. The van der Waals surface area contributed by atoms with Crippen molar-refractivity contribution in [1.29, 1.82) is 0 Å². The van der Waals surface area contributed by atoms with E-state index in [1.807, 2.05) is 42.5 Å². The van der Waals surface area contributed by atoms with Gasteiger partial charge >= 0.3 is 0 Å². The highest BCUT2D eigenvalue weighted by atomic mass is 79.9. The summed E-state index contributed by atoms with van der Waals surface area (Å²) in [5.41, 5.74) is 1.13. The fourth-order valence-corrected chi connectivity index (χ4v) is 3.40. The minimum atomic E-state index is -0.503. The van der Waals surface area contributed by atoms with Crippen molar-refractivity contribution in [3.05, 3.63) is 53.0 Å². The lowest BCUT2D eigenvalue weighted by molar-refractivity contribution is 0.0663. The van der Waals surface area contributed by atoms with Crippen molar-refractivity contribution in [2.24, 2.45) is 0 Å². The molecular weight excluding hydrogens is 467 g/mol. The van der Waals surface area contributed by atoms with Crippen LogP contribution in [-0.4, -0.2) is 62.6 Å². The number of nitrogens with zero attached hydrogens (tertiary/aromatic N) is 2. The Hall–Kier alpha value is -1.18. The van der Waals surface area contributed by atoms with Crippen LogP contribution in [0.15, 0.2) is 53.0 Å². The van der Waals surface area contributed by atoms with Crippen LogP contribution in [0.4, 0.5) is 5.69 Å². The molecule has 5 nitrogen and oxygen atoms in total. The summed E-state index contributed by atoms with van der Waals surface area (Å²) >= 11 is 3.40. The second kappa shape index (κ2) is 12.4. The number of piperazine rings is 1. The molecule has 1 N–H and O–H groups in total. The maximum Gasteiger partial charge on any atom is 0.142 e. The van der Waals surface area contributed by atoms with E-state index in [1.54, 1.807) is 7.11 Å². The van der Waals surface area contributed by atoms with E-state index < -0.39 is 6.10 Å². The van der Waals surface area contributed by atoms with Gasteiger partial charge in [-0.1, -0.05) is 28.1 Å². The Bertz CT molecular complexity index is 698. The fourth-order valence-electron chi connectivity index (χ4n) is 3.14. The molecule has 1 heterocycles. The van der Waals surface area contributed by atoms with Gasteiger partial charge in [-0.05, 0) is 36.4 Å². The van der Waals surface area contributed by atoms with Crippen LogP contribution in [0.2, 0.25) is 0 Å². The van der Waals surface area contributed by atoms with Crippen LogP contribution in [-0.2, 0) is 0 Å². The number of anilines is 1. The molecule has 1 aliphatic heterocycles. The molecule has 2 aromatic carbocycles. The van der Waals surface area contributed by atoms with Gasteiger partial charge in [0.2, 0.25) is 0 Å². The Balaban J connectivity index is 0.00000196. The van der Waals surface area contributed by atoms with Gasteiger partial charge in [0.15, 0.2) is 0 Å². The van der Waals surface area contributed by atoms with Crippen molar-refractivity contribution in [2.45, 2.75) is 6.10 Å². The molecule has 2 aromatic rings. The zero-order valence-corrected chi connectivity index (χ0v) is 19.0. The van der Waals surface area contributed by atoms with Gasteiger partial charge in [-0.15, -0.1) is 24.8 Å². The highest BCUT2D eigenvalue weighted by Gasteiger charge is 2.21. The number of benzene rings is 2. The van der Waals surface area contributed by atoms with Crippen molar-refractivity contribution < 1.29 is 14.6 Å². The molecule has 0 bridgehead atoms. The first kappa shape index (κ1) is 24.9. The van der Waals surface area contributed by atoms with Gasteiger partial charge in [0.05, 0.1) is 12.8 Å². The zero-order chi connectivity index (χ0) is 18.4. The van der Waals surface area contributed by atoms with E-state index in [9.17, 15) is 5.11 Å². The number of rotatable bonds is 7. The second-order valence-corrected chi connectivity index (χ2v) is 7.29. The smallest absolute Gasteiger partial charge is 0.142 e. The van der Waals surface area contributed by atoms with E-state index in [0.717, 1.165) is 47.8 Å². The Labute approximate surface area is 187 Å². The van der Waals surface area contributed by atoms with Crippen molar-refractivity contribution in [3.63, 3.8) is 0 Å². The molecule has 8 heteroatoms. The first-order chi connectivity index (χ1) is 12.7. The first-order valence-electron chi connectivity index (χ1n) is 8.82. The monoisotopic (exact) mass is 492 g/mol. The van der Waals surface area contributed by atoms with Crippen LogP contribution in [0.25, 0.3) is 0 Å². The highest BCUT2D eigenvalue weighted by Crippen LogP contribution is 2.28. The molecule has 156 valence electrons. The molecule has 0 amide bonds. The van der Waals surface area contributed by atoms with Crippen LogP contribution < -0.4 is 14.4 Å². The predicted octanol–water partition coefficient (Wildman–Crippen LogP) is 3.86. The highest BCUT2D eigenvalue weighted by molar-refractivity contribution is 9.10. The number of aliphatic hydroxyl groups is 1. The summed E-state index contributed by atoms with van der Waals surface area (Å²) in [6.45, 7) is 4.58. The average molecular weight is 494 g/mol. The summed E-state index contributed by atoms with van der Waals surface area (Å²) in [4.78, 5) is 4.61. The topological polar surface area (TPSA) is 45.2 Å². The maximum absolute atomic E-state index is 10.3. The fraction of sp³-hybridized carbons (Fsp3) is 0.400. The van der Waals surface area contributed by atoms with Gasteiger partial charge in [0, 0.05) is 37.2 Å². The van der Waals surface area contributed by atoms with Gasteiger partial charge < -0.3 is 19.5 Å². The number of hydrogen-bond acceptors (Lipinski definition) is 5. The van der Waals surface area contributed by atoms with E-state index >= 15 is 0 Å². The summed E-state index contributed by atoms with van der Waals surface area (Å²) in [6, 6.07) is 15.7. The lowest BCUT2D eigenvalue weighted by Gasteiger charge is -2.37. The molecule has 1 saturated heterocycles. The predicted molar refractivity (Wildman–Crippen MR) is 122 cm³/mol. The standard InChI is InChI=1S/C20H25BrN2O3.2ClH/c1-25-20-5-3-2-4-19(20)23-12-10-22(11-13-23)14-17(24)15-26-18-8-6-16(21)7-9-18;;/h2-9,17,24H,10-15H2,1H3;2*1H. The quantitative estimate of drug-likeness (QED) is 0.634. The molecule has 0 spiro atoms.